The molecule has 2 aliphatic rings. The van der Waals surface area contributed by atoms with Crippen molar-refractivity contribution in [1.82, 2.24) is 0 Å². The number of carbonyl (C=O) groups excluding carboxylic acids is 2. The van der Waals surface area contributed by atoms with Crippen LogP contribution in [-0.2, 0) is 9.59 Å². The Morgan fingerprint density at radius 2 is 1.73 bits per heavy atom. The summed E-state index contributed by atoms with van der Waals surface area (Å²) in [6.07, 6.45) is 0.508. The van der Waals surface area contributed by atoms with Gasteiger partial charge in [0.05, 0.1) is 30.0 Å². The van der Waals surface area contributed by atoms with Gasteiger partial charge in [0.2, 0.25) is 5.88 Å². The zero-order valence-corrected chi connectivity index (χ0v) is 18.7. The predicted molar refractivity (Wildman–Crippen MR) is 120 cm³/mol. The molecule has 1 saturated carbocycles. The van der Waals surface area contributed by atoms with E-state index in [0.29, 0.717) is 28.4 Å². The van der Waals surface area contributed by atoms with Gasteiger partial charge in [-0.3, -0.25) is 9.59 Å². The fourth-order valence-electron chi connectivity index (χ4n) is 4.45. The Morgan fingerprint density at radius 3 is 2.36 bits per heavy atom. The van der Waals surface area contributed by atoms with Crippen molar-refractivity contribution in [3.8, 4) is 17.6 Å². The Balaban J connectivity index is 1.74. The number of nitrogens with two attached hydrogens (primary N) is 1. The summed E-state index contributed by atoms with van der Waals surface area (Å²) >= 11 is 0. The normalized spacial score (nSPS) is 20.4. The average Bonchev–Trinajstić information content (AvgIpc) is 2.76. The van der Waals surface area contributed by atoms with Crippen LogP contribution >= 0.6 is 0 Å². The van der Waals surface area contributed by atoms with Gasteiger partial charge < -0.3 is 15.2 Å². The summed E-state index contributed by atoms with van der Waals surface area (Å²) in [4.78, 5) is 26.1. The van der Waals surface area contributed by atoms with Gasteiger partial charge in [-0.15, -0.1) is 0 Å². The zero-order chi connectivity index (χ0) is 23.8. The summed E-state index contributed by atoms with van der Waals surface area (Å²) in [7, 11) is 1.57. The van der Waals surface area contributed by atoms with Crippen molar-refractivity contribution in [2.45, 2.75) is 32.6 Å². The lowest BCUT2D eigenvalue weighted by molar-refractivity contribution is -0.140. The maximum Gasteiger partial charge on any atom is 0.205 e. The van der Waals surface area contributed by atoms with Crippen molar-refractivity contribution in [1.29, 1.82) is 5.26 Å². The summed E-state index contributed by atoms with van der Waals surface area (Å²) in [6.45, 7) is 3.78. The maximum atomic E-state index is 13.1. The Labute approximate surface area is 191 Å². The number of nitriles is 1. The van der Waals surface area contributed by atoms with Gasteiger partial charge in [0, 0.05) is 30.4 Å². The first-order chi connectivity index (χ1) is 15.7. The number of methoxy groups -OCH3 is 1. The second-order valence-electron chi connectivity index (χ2n) is 9.02. The molecule has 2 N–H and O–H groups in total. The second-order valence-corrected chi connectivity index (χ2v) is 9.02. The maximum absolute atomic E-state index is 13.1. The Morgan fingerprint density at radius 1 is 1.06 bits per heavy atom. The number of rotatable bonds is 4. The van der Waals surface area contributed by atoms with E-state index in [2.05, 4.69) is 16.3 Å². The van der Waals surface area contributed by atoms with Crippen LogP contribution in [0, 0.1) is 22.7 Å². The first kappa shape index (κ1) is 22.2. The van der Waals surface area contributed by atoms with E-state index in [1.54, 1.807) is 49.6 Å². The quantitative estimate of drug-likeness (QED) is 0.530. The summed E-state index contributed by atoms with van der Waals surface area (Å²) in [5, 5.41) is 18.3. The topological polar surface area (TPSA) is 127 Å². The number of ketones is 2. The molecule has 1 fully saturated rings. The van der Waals surface area contributed by atoms with Gasteiger partial charge in [0.1, 0.15) is 29.1 Å². The van der Waals surface area contributed by atoms with Crippen LogP contribution in [0.15, 0.2) is 64.1 Å². The highest BCUT2D eigenvalue weighted by atomic mass is 16.5. The van der Waals surface area contributed by atoms with E-state index in [0.717, 1.165) is 0 Å². The van der Waals surface area contributed by atoms with Crippen LogP contribution in [-0.4, -0.2) is 18.7 Å². The summed E-state index contributed by atoms with van der Waals surface area (Å²) in [5.74, 6) is -1.24. The fraction of sp³-hybridized carbons (Fsp3) is 0.320. The van der Waals surface area contributed by atoms with Gasteiger partial charge in [-0.25, -0.2) is 0 Å². The number of hydrogen-bond donors (Lipinski definition) is 1. The average molecular weight is 444 g/mol. The molecule has 1 heterocycles. The smallest absolute Gasteiger partial charge is 0.205 e. The third-order valence-corrected chi connectivity index (χ3v) is 5.91. The number of allylic oxidation sites excluding steroid dienone is 1. The molecule has 2 aromatic carbocycles. The minimum Gasteiger partial charge on any atom is -0.497 e. The number of carbonyl (C=O) groups is 2. The van der Waals surface area contributed by atoms with Crippen molar-refractivity contribution in [3.05, 3.63) is 59.5 Å². The Hall–Kier alpha value is -3.99. The summed E-state index contributed by atoms with van der Waals surface area (Å²) in [5.41, 5.74) is 7.28. The van der Waals surface area contributed by atoms with Gasteiger partial charge >= 0.3 is 0 Å². The molecular weight excluding hydrogens is 420 g/mol. The zero-order valence-electron chi connectivity index (χ0n) is 18.7. The fourth-order valence-corrected chi connectivity index (χ4v) is 4.45. The van der Waals surface area contributed by atoms with Crippen LogP contribution < -0.4 is 15.2 Å². The molecule has 0 aromatic heterocycles. The third kappa shape index (κ3) is 4.35. The van der Waals surface area contributed by atoms with Crippen molar-refractivity contribution in [3.63, 3.8) is 0 Å². The van der Waals surface area contributed by atoms with E-state index in [9.17, 15) is 14.9 Å². The van der Waals surface area contributed by atoms with E-state index >= 15 is 0 Å². The molecule has 1 atom stereocenters. The van der Waals surface area contributed by atoms with Crippen LogP contribution in [0.2, 0.25) is 0 Å². The molecule has 0 radical (unpaired) electrons. The van der Waals surface area contributed by atoms with Gasteiger partial charge in [0.25, 0.3) is 0 Å². The third-order valence-electron chi connectivity index (χ3n) is 5.91. The number of nitrogens with zero attached hydrogens (tertiary/aromatic N) is 3. The highest BCUT2D eigenvalue weighted by Gasteiger charge is 2.47. The van der Waals surface area contributed by atoms with Crippen molar-refractivity contribution in [2.75, 3.05) is 7.11 Å². The van der Waals surface area contributed by atoms with Gasteiger partial charge in [-0.1, -0.05) is 19.9 Å². The minimum atomic E-state index is -0.987. The minimum absolute atomic E-state index is 0.0794. The SMILES string of the molecule is COc1cccc(N=Nc2ccc3c(c2)C(C2C(=O)CC(C)(C)CC2=O)C(C#N)=C(N)O3)c1. The van der Waals surface area contributed by atoms with Crippen LogP contribution in [0.4, 0.5) is 11.4 Å². The molecule has 0 bridgehead atoms. The molecule has 33 heavy (non-hydrogen) atoms. The van der Waals surface area contributed by atoms with Crippen molar-refractivity contribution < 1.29 is 19.1 Å². The molecule has 168 valence electrons. The highest BCUT2D eigenvalue weighted by molar-refractivity contribution is 6.06. The number of azo groups is 1. The highest BCUT2D eigenvalue weighted by Crippen LogP contribution is 2.48. The molecule has 8 nitrogen and oxygen atoms in total. The lowest BCUT2D eigenvalue weighted by Gasteiger charge is -2.37. The summed E-state index contributed by atoms with van der Waals surface area (Å²) < 4.78 is 10.8. The summed E-state index contributed by atoms with van der Waals surface area (Å²) in [6, 6.07) is 14.2. The molecule has 0 spiro atoms. The van der Waals surface area contributed by atoms with E-state index in [1.807, 2.05) is 13.8 Å². The lowest BCUT2D eigenvalue weighted by Crippen LogP contribution is -2.42. The Bertz CT molecular complexity index is 1220. The van der Waals surface area contributed by atoms with Crippen molar-refractivity contribution in [2.24, 2.45) is 27.3 Å². The van der Waals surface area contributed by atoms with Gasteiger partial charge in [-0.2, -0.15) is 15.5 Å². The van der Waals surface area contributed by atoms with Gasteiger partial charge in [-0.05, 0) is 35.7 Å². The molecular formula is C25H24N4O4. The monoisotopic (exact) mass is 444 g/mol. The molecule has 8 heteroatoms. The lowest BCUT2D eigenvalue weighted by atomic mass is 9.65. The second kappa shape index (κ2) is 8.51. The number of ether oxygens (including phenoxy) is 2. The molecule has 0 saturated heterocycles. The molecule has 1 aliphatic carbocycles. The van der Waals surface area contributed by atoms with E-state index in [1.165, 1.54) is 0 Å². The standard InChI is InChI=1S/C25H24N4O4/c1-25(2)11-19(30)23(20(31)12-25)22-17-10-15(7-8-21(17)33-24(27)18(22)13-26)29-28-14-5-4-6-16(9-14)32-3/h4-10,22-23H,11-12,27H2,1-3H3. The van der Waals surface area contributed by atoms with E-state index in [-0.39, 0.29) is 35.9 Å². The number of hydrogen-bond acceptors (Lipinski definition) is 8. The van der Waals surface area contributed by atoms with Gasteiger partial charge in [0.15, 0.2) is 0 Å². The predicted octanol–water partition coefficient (Wildman–Crippen LogP) is 4.85. The van der Waals surface area contributed by atoms with Crippen LogP contribution in [0.5, 0.6) is 11.5 Å². The van der Waals surface area contributed by atoms with E-state index < -0.39 is 17.3 Å². The first-order valence-electron chi connectivity index (χ1n) is 10.6. The largest absolute Gasteiger partial charge is 0.497 e. The first-order valence-corrected chi connectivity index (χ1v) is 10.6. The van der Waals surface area contributed by atoms with Crippen molar-refractivity contribution >= 4 is 22.9 Å². The molecule has 2 aromatic rings. The van der Waals surface area contributed by atoms with Crippen LogP contribution in [0.3, 0.4) is 0 Å². The van der Waals surface area contributed by atoms with E-state index in [4.69, 9.17) is 15.2 Å². The Kier molecular flexibility index (Phi) is 5.73. The number of benzene rings is 2. The van der Waals surface area contributed by atoms with Crippen LogP contribution in [0.25, 0.3) is 0 Å². The number of Topliss-reactive ketones (excluding diaryl/α,β-unsaturated/α-hetero) is 2. The molecule has 0 amide bonds. The molecule has 1 unspecified atom stereocenters. The molecule has 1 aliphatic heterocycles. The van der Waals surface area contributed by atoms with Crippen LogP contribution in [0.1, 0.15) is 38.2 Å². The number of fused-ring (bicyclic) bond motifs is 1. The molecule has 4 rings (SSSR count).